The summed E-state index contributed by atoms with van der Waals surface area (Å²) in [7, 11) is 1.73. The summed E-state index contributed by atoms with van der Waals surface area (Å²) in [5.74, 6) is 1.73. The molecule has 10 heteroatoms. The fourth-order valence-corrected chi connectivity index (χ4v) is 2.71. The number of aliphatic imine (C=N–C) groups is 1. The van der Waals surface area contributed by atoms with Crippen molar-refractivity contribution < 1.29 is 9.26 Å². The molecule has 2 N–H and O–H groups in total. The van der Waals surface area contributed by atoms with E-state index < -0.39 is 0 Å². The quantitative estimate of drug-likeness (QED) is 0.352. The van der Waals surface area contributed by atoms with Crippen LogP contribution in [0.25, 0.3) is 11.4 Å². The second-order valence-corrected chi connectivity index (χ2v) is 6.26. The van der Waals surface area contributed by atoms with E-state index in [2.05, 4.69) is 30.7 Å². The zero-order valence-corrected chi connectivity index (χ0v) is 18.2. The van der Waals surface area contributed by atoms with E-state index in [-0.39, 0.29) is 24.0 Å². The van der Waals surface area contributed by atoms with Gasteiger partial charge in [0.2, 0.25) is 11.7 Å². The van der Waals surface area contributed by atoms with Gasteiger partial charge in [0.25, 0.3) is 0 Å². The first-order chi connectivity index (χ1) is 12.7. The lowest BCUT2D eigenvalue weighted by molar-refractivity contribution is 0.0389. The minimum atomic E-state index is 0. The molecule has 1 aromatic heterocycles. The van der Waals surface area contributed by atoms with E-state index in [1.165, 1.54) is 0 Å². The number of hydrogen-bond acceptors (Lipinski definition) is 6. The standard InChI is InChI=1S/C17H23ClN6O2.HI/c1-19-17(20-6-7-24-8-10-25-11-9-24)21-12-15-22-16(23-26-15)13-2-4-14(18)5-3-13;/h2-5H,6-12H2,1H3,(H2,19,20,21);1H. The fraction of sp³-hybridized carbons (Fsp3) is 0.471. The third-order valence-corrected chi connectivity index (χ3v) is 4.28. The summed E-state index contributed by atoms with van der Waals surface area (Å²) in [6.07, 6.45) is 0. The van der Waals surface area contributed by atoms with Gasteiger partial charge in [0.1, 0.15) is 0 Å². The van der Waals surface area contributed by atoms with Gasteiger partial charge in [0.15, 0.2) is 5.96 Å². The van der Waals surface area contributed by atoms with Gasteiger partial charge in [-0.15, -0.1) is 24.0 Å². The van der Waals surface area contributed by atoms with Crippen molar-refractivity contribution in [2.24, 2.45) is 4.99 Å². The van der Waals surface area contributed by atoms with Crippen molar-refractivity contribution in [2.45, 2.75) is 6.54 Å². The van der Waals surface area contributed by atoms with Gasteiger partial charge in [0, 0.05) is 43.8 Å². The van der Waals surface area contributed by atoms with Gasteiger partial charge >= 0.3 is 0 Å². The molecule has 27 heavy (non-hydrogen) atoms. The Bertz CT molecular complexity index is 718. The summed E-state index contributed by atoms with van der Waals surface area (Å²) in [5, 5.41) is 11.1. The van der Waals surface area contributed by atoms with Crippen LogP contribution in [0.3, 0.4) is 0 Å². The van der Waals surface area contributed by atoms with Crippen molar-refractivity contribution >= 4 is 41.5 Å². The van der Waals surface area contributed by atoms with E-state index in [9.17, 15) is 0 Å². The predicted octanol–water partition coefficient (Wildman–Crippen LogP) is 2.01. The molecule has 0 atom stereocenters. The molecule has 0 spiro atoms. The molecule has 0 radical (unpaired) electrons. The number of morpholine rings is 1. The van der Waals surface area contributed by atoms with Crippen LogP contribution in [-0.2, 0) is 11.3 Å². The molecule has 148 valence electrons. The highest BCUT2D eigenvalue weighted by atomic mass is 127. The third-order valence-electron chi connectivity index (χ3n) is 4.03. The molecule has 0 aliphatic carbocycles. The van der Waals surface area contributed by atoms with Gasteiger partial charge in [-0.2, -0.15) is 4.98 Å². The molecule has 1 saturated heterocycles. The Morgan fingerprint density at radius 2 is 1.96 bits per heavy atom. The topological polar surface area (TPSA) is 87.8 Å². The molecule has 8 nitrogen and oxygen atoms in total. The molecule has 3 rings (SSSR count). The molecule has 0 unspecified atom stereocenters. The van der Waals surface area contributed by atoms with Crippen LogP contribution in [0.2, 0.25) is 5.02 Å². The highest BCUT2D eigenvalue weighted by Gasteiger charge is 2.11. The Hall–Kier alpha value is -1.43. The molecule has 2 heterocycles. The average molecular weight is 507 g/mol. The lowest BCUT2D eigenvalue weighted by atomic mass is 10.2. The number of rotatable bonds is 6. The van der Waals surface area contributed by atoms with Crippen LogP contribution in [-0.4, -0.2) is 67.4 Å². The van der Waals surface area contributed by atoms with Crippen LogP contribution in [0.1, 0.15) is 5.89 Å². The predicted molar refractivity (Wildman–Crippen MR) is 116 cm³/mol. The Kier molecular flexibility index (Phi) is 9.25. The van der Waals surface area contributed by atoms with E-state index in [0.29, 0.717) is 29.2 Å². The molecule has 0 amide bonds. The van der Waals surface area contributed by atoms with Gasteiger partial charge in [-0.1, -0.05) is 16.8 Å². The number of halogens is 2. The van der Waals surface area contributed by atoms with Crippen LogP contribution in [0, 0.1) is 0 Å². The number of guanidine groups is 1. The normalized spacial score (nSPS) is 15.3. The number of benzene rings is 1. The Balaban J connectivity index is 0.00000261. The van der Waals surface area contributed by atoms with E-state index in [1.807, 2.05) is 12.1 Å². The van der Waals surface area contributed by atoms with Crippen molar-refractivity contribution in [1.82, 2.24) is 25.7 Å². The molecule has 1 aromatic carbocycles. The zero-order valence-electron chi connectivity index (χ0n) is 15.2. The lowest BCUT2D eigenvalue weighted by Gasteiger charge is -2.26. The van der Waals surface area contributed by atoms with Crippen LogP contribution in [0.15, 0.2) is 33.8 Å². The lowest BCUT2D eigenvalue weighted by Crippen LogP contribution is -2.44. The third kappa shape index (κ3) is 6.91. The largest absolute Gasteiger partial charge is 0.379 e. The monoisotopic (exact) mass is 506 g/mol. The molecule has 2 aromatic rings. The van der Waals surface area contributed by atoms with E-state index >= 15 is 0 Å². The van der Waals surface area contributed by atoms with Gasteiger partial charge in [-0.25, -0.2) is 0 Å². The van der Waals surface area contributed by atoms with Crippen molar-refractivity contribution in [3.63, 3.8) is 0 Å². The van der Waals surface area contributed by atoms with Crippen LogP contribution in [0.5, 0.6) is 0 Å². The molecular weight excluding hydrogens is 483 g/mol. The minimum absolute atomic E-state index is 0. The minimum Gasteiger partial charge on any atom is -0.379 e. The average Bonchev–Trinajstić information content (AvgIpc) is 3.15. The summed E-state index contributed by atoms with van der Waals surface area (Å²) < 4.78 is 10.6. The first-order valence-electron chi connectivity index (χ1n) is 8.58. The highest BCUT2D eigenvalue weighted by Crippen LogP contribution is 2.18. The second kappa shape index (κ2) is 11.4. The summed E-state index contributed by atoms with van der Waals surface area (Å²) >= 11 is 5.89. The maximum Gasteiger partial charge on any atom is 0.246 e. The molecule has 0 saturated carbocycles. The number of ether oxygens (including phenoxy) is 1. The highest BCUT2D eigenvalue weighted by molar-refractivity contribution is 14.0. The summed E-state index contributed by atoms with van der Waals surface area (Å²) in [6, 6.07) is 7.31. The SMILES string of the molecule is CN=C(NCCN1CCOCC1)NCc1nc(-c2ccc(Cl)cc2)no1.I. The number of nitrogens with one attached hydrogen (secondary N) is 2. The Morgan fingerprint density at radius 3 is 2.67 bits per heavy atom. The number of aromatic nitrogens is 2. The first kappa shape index (κ1) is 21.9. The van der Waals surface area contributed by atoms with Crippen LogP contribution >= 0.6 is 35.6 Å². The van der Waals surface area contributed by atoms with Crippen molar-refractivity contribution in [1.29, 1.82) is 0 Å². The van der Waals surface area contributed by atoms with Gasteiger partial charge in [-0.05, 0) is 24.3 Å². The fourth-order valence-electron chi connectivity index (χ4n) is 2.58. The zero-order chi connectivity index (χ0) is 18.2. The maximum atomic E-state index is 5.89. The Morgan fingerprint density at radius 1 is 1.22 bits per heavy atom. The molecule has 1 aliphatic rings. The summed E-state index contributed by atoms with van der Waals surface area (Å²) in [5.41, 5.74) is 0.859. The van der Waals surface area contributed by atoms with Gasteiger partial charge < -0.3 is 19.9 Å². The van der Waals surface area contributed by atoms with Crippen molar-refractivity contribution in [2.75, 3.05) is 46.4 Å². The van der Waals surface area contributed by atoms with E-state index in [4.69, 9.17) is 20.9 Å². The van der Waals surface area contributed by atoms with Gasteiger partial charge in [-0.3, -0.25) is 9.89 Å². The Labute approximate surface area is 180 Å². The van der Waals surface area contributed by atoms with Crippen molar-refractivity contribution in [3.05, 3.63) is 35.2 Å². The van der Waals surface area contributed by atoms with E-state index in [0.717, 1.165) is 45.0 Å². The molecule has 1 aliphatic heterocycles. The summed E-state index contributed by atoms with van der Waals surface area (Å²) in [6.45, 7) is 5.72. The molecule has 1 fully saturated rings. The van der Waals surface area contributed by atoms with E-state index in [1.54, 1.807) is 19.2 Å². The number of nitrogens with zero attached hydrogens (tertiary/aromatic N) is 4. The first-order valence-corrected chi connectivity index (χ1v) is 8.95. The second-order valence-electron chi connectivity index (χ2n) is 5.83. The molecule has 0 bridgehead atoms. The van der Waals surface area contributed by atoms with Crippen LogP contribution < -0.4 is 10.6 Å². The molecular formula is C17H24ClIN6O2. The maximum absolute atomic E-state index is 5.89. The number of hydrogen-bond donors (Lipinski definition) is 2. The summed E-state index contributed by atoms with van der Waals surface area (Å²) in [4.78, 5) is 11.0. The smallest absolute Gasteiger partial charge is 0.246 e. The van der Waals surface area contributed by atoms with Crippen molar-refractivity contribution in [3.8, 4) is 11.4 Å². The van der Waals surface area contributed by atoms with Crippen LogP contribution in [0.4, 0.5) is 0 Å². The van der Waals surface area contributed by atoms with Gasteiger partial charge in [0.05, 0.1) is 19.8 Å².